The van der Waals surface area contributed by atoms with E-state index in [-0.39, 0.29) is 23.8 Å². The summed E-state index contributed by atoms with van der Waals surface area (Å²) in [6, 6.07) is 5.50. The zero-order chi connectivity index (χ0) is 21.7. The molecule has 1 atom stereocenters. The van der Waals surface area contributed by atoms with Crippen molar-refractivity contribution in [1.29, 1.82) is 0 Å². The number of rotatable bonds is 6. The van der Waals surface area contributed by atoms with Gasteiger partial charge in [-0.3, -0.25) is 9.78 Å². The van der Waals surface area contributed by atoms with Crippen LogP contribution in [0.25, 0.3) is 0 Å². The molecule has 1 N–H and O–H groups in total. The molecule has 1 amide bonds. The number of hydrogen-bond donors (Lipinski definition) is 1. The van der Waals surface area contributed by atoms with Crippen molar-refractivity contribution in [2.75, 3.05) is 7.11 Å². The van der Waals surface area contributed by atoms with Crippen LogP contribution in [0, 0.1) is 5.92 Å². The Hall–Kier alpha value is -2.64. The molecule has 2 aromatic rings. The summed E-state index contributed by atoms with van der Waals surface area (Å²) in [5, 5.41) is 3.09. The molecule has 30 heavy (non-hydrogen) atoms. The Balaban J connectivity index is 1.59. The summed E-state index contributed by atoms with van der Waals surface area (Å²) in [5.41, 5.74) is 0.321. The van der Waals surface area contributed by atoms with Crippen molar-refractivity contribution in [1.82, 2.24) is 15.3 Å². The van der Waals surface area contributed by atoms with E-state index < -0.39 is 11.7 Å². The van der Waals surface area contributed by atoms with Gasteiger partial charge in [-0.2, -0.15) is 13.2 Å². The summed E-state index contributed by atoms with van der Waals surface area (Å²) in [6.07, 6.45) is 2.34. The third-order valence-electron chi connectivity index (χ3n) is 5.83. The molecule has 0 radical (unpaired) electrons. The van der Waals surface area contributed by atoms with Crippen LogP contribution in [0.3, 0.4) is 0 Å². The SMILES string of the molecule is CC[C@@H](NC(=O)c1ccc(OC)nc1)[C@H]1CC[C@@H](c2cc(C(F)(F)F)ccn2)CC1. The lowest BCUT2D eigenvalue weighted by molar-refractivity contribution is -0.137. The highest BCUT2D eigenvalue weighted by molar-refractivity contribution is 5.94. The van der Waals surface area contributed by atoms with Crippen molar-refractivity contribution in [3.63, 3.8) is 0 Å². The maximum atomic E-state index is 13.0. The van der Waals surface area contributed by atoms with E-state index in [9.17, 15) is 18.0 Å². The molecular formula is C22H26F3N3O2. The highest BCUT2D eigenvalue weighted by Crippen LogP contribution is 2.38. The minimum absolute atomic E-state index is 0.00928. The van der Waals surface area contributed by atoms with Gasteiger partial charge in [0.1, 0.15) is 0 Å². The molecule has 0 saturated heterocycles. The number of alkyl halides is 3. The summed E-state index contributed by atoms with van der Waals surface area (Å²) in [5.74, 6) is 0.563. The van der Waals surface area contributed by atoms with Gasteiger partial charge in [-0.25, -0.2) is 4.98 Å². The van der Waals surface area contributed by atoms with E-state index in [1.165, 1.54) is 25.6 Å². The van der Waals surface area contributed by atoms with E-state index in [0.717, 1.165) is 38.2 Å². The van der Waals surface area contributed by atoms with Crippen LogP contribution in [-0.2, 0) is 6.18 Å². The van der Waals surface area contributed by atoms with Gasteiger partial charge in [0.2, 0.25) is 5.88 Å². The van der Waals surface area contributed by atoms with Gasteiger partial charge in [-0.1, -0.05) is 6.92 Å². The lowest BCUT2D eigenvalue weighted by atomic mass is 9.76. The van der Waals surface area contributed by atoms with Crippen molar-refractivity contribution in [3.8, 4) is 5.88 Å². The summed E-state index contributed by atoms with van der Waals surface area (Å²) in [7, 11) is 1.51. The second-order valence-electron chi connectivity index (χ2n) is 7.66. The first-order chi connectivity index (χ1) is 14.3. The van der Waals surface area contributed by atoms with Gasteiger partial charge in [0.15, 0.2) is 0 Å². The molecule has 0 bridgehead atoms. The lowest BCUT2D eigenvalue weighted by Crippen LogP contribution is -2.41. The molecule has 1 fully saturated rings. The first-order valence-corrected chi connectivity index (χ1v) is 10.2. The van der Waals surface area contributed by atoms with Gasteiger partial charge in [0.05, 0.1) is 18.2 Å². The molecule has 1 saturated carbocycles. The second-order valence-corrected chi connectivity index (χ2v) is 7.66. The van der Waals surface area contributed by atoms with Crippen LogP contribution in [-0.4, -0.2) is 29.0 Å². The molecule has 3 rings (SSSR count). The standard InChI is InChI=1S/C22H26F3N3O2/c1-3-18(28-21(29)16-8-9-20(30-2)27-13-16)14-4-6-15(7-5-14)19-12-17(10-11-26-19)22(23,24)25/h8-15,18H,3-7H2,1-2H3,(H,28,29)/t14-,15+,18-/m1/s1. The molecule has 2 aromatic heterocycles. The first kappa shape index (κ1) is 22.1. The van der Waals surface area contributed by atoms with Crippen molar-refractivity contribution >= 4 is 5.91 Å². The topological polar surface area (TPSA) is 64.1 Å². The first-order valence-electron chi connectivity index (χ1n) is 10.2. The highest BCUT2D eigenvalue weighted by Gasteiger charge is 2.33. The van der Waals surface area contributed by atoms with E-state index in [1.807, 2.05) is 6.92 Å². The quantitative estimate of drug-likeness (QED) is 0.714. The van der Waals surface area contributed by atoms with Crippen LogP contribution in [0.2, 0.25) is 0 Å². The second kappa shape index (κ2) is 9.45. The molecular weight excluding hydrogens is 395 g/mol. The van der Waals surface area contributed by atoms with Crippen LogP contribution in [0.5, 0.6) is 5.88 Å². The average molecular weight is 421 g/mol. The predicted molar refractivity (Wildman–Crippen MR) is 106 cm³/mol. The molecule has 0 spiro atoms. The third kappa shape index (κ3) is 5.29. The van der Waals surface area contributed by atoms with E-state index in [1.54, 1.807) is 12.1 Å². The number of nitrogens with one attached hydrogen (secondary N) is 1. The van der Waals surface area contributed by atoms with Crippen molar-refractivity contribution in [2.45, 2.75) is 57.2 Å². The Kier molecular flexibility index (Phi) is 6.95. The van der Waals surface area contributed by atoms with Crippen LogP contribution in [0.1, 0.15) is 66.6 Å². The number of hydrogen-bond acceptors (Lipinski definition) is 4. The monoisotopic (exact) mass is 421 g/mol. The zero-order valence-corrected chi connectivity index (χ0v) is 17.1. The van der Waals surface area contributed by atoms with Crippen molar-refractivity contribution in [3.05, 3.63) is 53.5 Å². The third-order valence-corrected chi connectivity index (χ3v) is 5.83. The maximum absolute atomic E-state index is 13.0. The Morgan fingerprint density at radius 3 is 2.50 bits per heavy atom. The Morgan fingerprint density at radius 1 is 1.20 bits per heavy atom. The number of aromatic nitrogens is 2. The number of pyridine rings is 2. The van der Waals surface area contributed by atoms with Gasteiger partial charge in [0, 0.05) is 36.1 Å². The number of methoxy groups -OCH3 is 1. The number of ether oxygens (including phenoxy) is 1. The number of halogens is 3. The average Bonchev–Trinajstić information content (AvgIpc) is 2.77. The van der Waals surface area contributed by atoms with Crippen LogP contribution in [0.4, 0.5) is 13.2 Å². The predicted octanol–water partition coefficient (Wildman–Crippen LogP) is 4.99. The maximum Gasteiger partial charge on any atom is 0.416 e. The normalized spacial score (nSPS) is 20.4. The largest absolute Gasteiger partial charge is 0.481 e. The fraction of sp³-hybridized carbons (Fsp3) is 0.500. The van der Waals surface area contributed by atoms with E-state index in [2.05, 4.69) is 15.3 Å². The van der Waals surface area contributed by atoms with Gasteiger partial charge in [0.25, 0.3) is 5.91 Å². The minimum atomic E-state index is -4.36. The molecule has 1 aliphatic carbocycles. The zero-order valence-electron chi connectivity index (χ0n) is 17.1. The lowest BCUT2D eigenvalue weighted by Gasteiger charge is -2.34. The highest BCUT2D eigenvalue weighted by atomic mass is 19.4. The van der Waals surface area contributed by atoms with E-state index in [0.29, 0.717) is 17.1 Å². The summed E-state index contributed by atoms with van der Waals surface area (Å²) in [4.78, 5) is 20.8. The smallest absolute Gasteiger partial charge is 0.416 e. The molecule has 1 aliphatic rings. The Morgan fingerprint density at radius 2 is 1.93 bits per heavy atom. The fourth-order valence-corrected chi connectivity index (χ4v) is 4.11. The van der Waals surface area contributed by atoms with E-state index >= 15 is 0 Å². The number of nitrogens with zero attached hydrogens (tertiary/aromatic N) is 2. The van der Waals surface area contributed by atoms with Gasteiger partial charge >= 0.3 is 6.18 Å². The fourth-order valence-electron chi connectivity index (χ4n) is 4.11. The molecule has 0 aromatic carbocycles. The van der Waals surface area contributed by atoms with Gasteiger partial charge in [-0.05, 0) is 56.2 Å². The minimum Gasteiger partial charge on any atom is -0.481 e. The van der Waals surface area contributed by atoms with E-state index in [4.69, 9.17) is 4.74 Å². The summed E-state index contributed by atoms with van der Waals surface area (Å²) >= 11 is 0. The van der Waals surface area contributed by atoms with Crippen molar-refractivity contribution in [2.24, 2.45) is 5.92 Å². The Bertz CT molecular complexity index is 847. The van der Waals surface area contributed by atoms with Crippen LogP contribution >= 0.6 is 0 Å². The number of carbonyl (C=O) groups is 1. The molecule has 8 heteroatoms. The van der Waals surface area contributed by atoms with Crippen molar-refractivity contribution < 1.29 is 22.7 Å². The van der Waals surface area contributed by atoms with Gasteiger partial charge < -0.3 is 10.1 Å². The Labute approximate surface area is 174 Å². The van der Waals surface area contributed by atoms with Crippen LogP contribution < -0.4 is 10.1 Å². The molecule has 0 aliphatic heterocycles. The molecule has 0 unspecified atom stereocenters. The van der Waals surface area contributed by atoms with Gasteiger partial charge in [-0.15, -0.1) is 0 Å². The molecule has 5 nitrogen and oxygen atoms in total. The van der Waals surface area contributed by atoms with Crippen LogP contribution in [0.15, 0.2) is 36.7 Å². The summed E-state index contributed by atoms with van der Waals surface area (Å²) in [6.45, 7) is 2.03. The molecule has 2 heterocycles. The molecule has 162 valence electrons. The number of amides is 1. The number of carbonyl (C=O) groups excluding carboxylic acids is 1. The summed E-state index contributed by atoms with van der Waals surface area (Å²) < 4.78 is 43.9.